The average Bonchev–Trinajstić information content (AvgIpc) is 2.71. The van der Waals surface area contributed by atoms with E-state index < -0.39 is 5.97 Å². The van der Waals surface area contributed by atoms with E-state index in [9.17, 15) is 4.79 Å². The van der Waals surface area contributed by atoms with Crippen LogP contribution in [-0.2, 0) is 11.3 Å². The molecule has 8 heteroatoms. The molecule has 4 rings (SSSR count). The molecule has 1 fully saturated rings. The van der Waals surface area contributed by atoms with Gasteiger partial charge < -0.3 is 9.47 Å². The van der Waals surface area contributed by atoms with Gasteiger partial charge in [0, 0.05) is 41.8 Å². The maximum Gasteiger partial charge on any atom is 0.345 e. The molecule has 2 heterocycles. The number of hydrogen-bond donors (Lipinski definition) is 0. The van der Waals surface area contributed by atoms with Gasteiger partial charge in [-0.25, -0.2) is 4.79 Å². The van der Waals surface area contributed by atoms with E-state index in [-0.39, 0.29) is 10.6 Å². The van der Waals surface area contributed by atoms with Crippen LogP contribution >= 0.6 is 34.8 Å². The third kappa shape index (κ3) is 4.49. The Morgan fingerprint density at radius 3 is 2.66 bits per heavy atom. The first-order valence-electron chi connectivity index (χ1n) is 9.06. The van der Waals surface area contributed by atoms with E-state index in [2.05, 4.69) is 9.88 Å². The van der Waals surface area contributed by atoms with E-state index in [0.717, 1.165) is 18.7 Å². The van der Waals surface area contributed by atoms with Gasteiger partial charge in [0.2, 0.25) is 0 Å². The van der Waals surface area contributed by atoms with Crippen molar-refractivity contribution in [2.45, 2.75) is 6.54 Å². The fourth-order valence-corrected chi connectivity index (χ4v) is 4.03. The first kappa shape index (κ1) is 20.4. The molecule has 1 aliphatic rings. The Kier molecular flexibility index (Phi) is 6.23. The van der Waals surface area contributed by atoms with Gasteiger partial charge in [0.05, 0.1) is 28.8 Å². The first-order valence-corrected chi connectivity index (χ1v) is 10.2. The Bertz CT molecular complexity index is 1070. The molecule has 3 aromatic rings. The molecule has 0 bridgehead atoms. The van der Waals surface area contributed by atoms with Crippen LogP contribution in [-0.4, -0.2) is 42.2 Å². The second-order valence-electron chi connectivity index (χ2n) is 6.65. The summed E-state index contributed by atoms with van der Waals surface area (Å²) in [6, 6.07) is 10.1. The lowest BCUT2D eigenvalue weighted by Crippen LogP contribution is -2.35. The van der Waals surface area contributed by atoms with Crippen molar-refractivity contribution < 1.29 is 14.3 Å². The van der Waals surface area contributed by atoms with E-state index in [1.54, 1.807) is 24.4 Å². The zero-order chi connectivity index (χ0) is 20.4. The molecule has 2 aromatic carbocycles. The van der Waals surface area contributed by atoms with Gasteiger partial charge in [-0.2, -0.15) is 0 Å². The SMILES string of the molecule is O=C(Oc1c(CN2CCOCC2)cc(Cl)c2cccnc12)c1ccc(Cl)cc1Cl. The van der Waals surface area contributed by atoms with Crippen molar-refractivity contribution in [1.82, 2.24) is 9.88 Å². The number of aromatic nitrogens is 1. The number of ether oxygens (including phenoxy) is 2. The van der Waals surface area contributed by atoms with Gasteiger partial charge in [0.25, 0.3) is 0 Å². The van der Waals surface area contributed by atoms with Crippen molar-refractivity contribution >= 4 is 51.7 Å². The standard InChI is InChI=1S/C21H17Cl3N2O3/c22-14-3-4-16(18(24)11-14)21(27)29-20-13(12-26-6-8-28-9-7-26)10-17(23)15-2-1-5-25-19(15)20/h1-5,10-11H,6-9,12H2. The van der Waals surface area contributed by atoms with Crippen LogP contribution in [0.5, 0.6) is 5.75 Å². The summed E-state index contributed by atoms with van der Waals surface area (Å²) >= 11 is 18.6. The monoisotopic (exact) mass is 450 g/mol. The van der Waals surface area contributed by atoms with Gasteiger partial charge in [0.1, 0.15) is 5.52 Å². The Morgan fingerprint density at radius 1 is 1.10 bits per heavy atom. The lowest BCUT2D eigenvalue weighted by molar-refractivity contribution is 0.0337. The summed E-state index contributed by atoms with van der Waals surface area (Å²) in [5.41, 5.74) is 1.54. The Labute approximate surface area is 183 Å². The maximum atomic E-state index is 12.9. The van der Waals surface area contributed by atoms with Crippen molar-refractivity contribution in [3.8, 4) is 5.75 Å². The third-order valence-corrected chi connectivity index (χ3v) is 5.58. The summed E-state index contributed by atoms with van der Waals surface area (Å²) < 4.78 is 11.2. The van der Waals surface area contributed by atoms with Crippen LogP contribution in [0.15, 0.2) is 42.6 Å². The fourth-order valence-electron chi connectivity index (χ4n) is 3.26. The number of nitrogens with zero attached hydrogens (tertiary/aromatic N) is 2. The molecule has 0 radical (unpaired) electrons. The molecule has 1 saturated heterocycles. The second kappa shape index (κ2) is 8.86. The minimum atomic E-state index is -0.579. The van der Waals surface area contributed by atoms with Crippen LogP contribution < -0.4 is 4.74 Å². The second-order valence-corrected chi connectivity index (χ2v) is 7.90. The molecule has 0 amide bonds. The van der Waals surface area contributed by atoms with Gasteiger partial charge in [-0.3, -0.25) is 9.88 Å². The number of carbonyl (C=O) groups is 1. The molecule has 0 saturated carbocycles. The summed E-state index contributed by atoms with van der Waals surface area (Å²) in [6.45, 7) is 3.46. The van der Waals surface area contributed by atoms with Crippen molar-refractivity contribution in [3.63, 3.8) is 0 Å². The summed E-state index contributed by atoms with van der Waals surface area (Å²) in [6.07, 6.45) is 1.64. The number of esters is 1. The quantitative estimate of drug-likeness (QED) is 0.401. The van der Waals surface area contributed by atoms with Crippen LogP contribution in [0.1, 0.15) is 15.9 Å². The molecular formula is C21H17Cl3N2O3. The fraction of sp³-hybridized carbons (Fsp3) is 0.238. The topological polar surface area (TPSA) is 51.7 Å². The summed E-state index contributed by atoms with van der Waals surface area (Å²) in [5, 5.41) is 1.94. The van der Waals surface area contributed by atoms with E-state index in [0.29, 0.717) is 46.5 Å². The lowest BCUT2D eigenvalue weighted by atomic mass is 10.1. The van der Waals surface area contributed by atoms with E-state index in [1.807, 2.05) is 12.1 Å². The molecule has 1 aromatic heterocycles. The third-order valence-electron chi connectivity index (χ3n) is 4.72. The number of carbonyl (C=O) groups excluding carboxylic acids is 1. The normalized spacial score (nSPS) is 14.9. The largest absolute Gasteiger partial charge is 0.420 e. The van der Waals surface area contributed by atoms with Crippen molar-refractivity contribution in [2.24, 2.45) is 0 Å². The highest BCUT2D eigenvalue weighted by atomic mass is 35.5. The van der Waals surface area contributed by atoms with Crippen molar-refractivity contribution in [2.75, 3.05) is 26.3 Å². The molecule has 150 valence electrons. The number of fused-ring (bicyclic) bond motifs is 1. The molecular weight excluding hydrogens is 435 g/mol. The van der Waals surface area contributed by atoms with Gasteiger partial charge in [0.15, 0.2) is 5.75 Å². The van der Waals surface area contributed by atoms with Gasteiger partial charge in [-0.15, -0.1) is 0 Å². The van der Waals surface area contributed by atoms with E-state index >= 15 is 0 Å². The first-order chi connectivity index (χ1) is 14.0. The minimum absolute atomic E-state index is 0.225. The van der Waals surface area contributed by atoms with Crippen LogP contribution in [0, 0.1) is 0 Å². The molecule has 0 atom stereocenters. The van der Waals surface area contributed by atoms with Crippen LogP contribution in [0.3, 0.4) is 0 Å². The number of morpholine rings is 1. The molecule has 1 aliphatic heterocycles. The van der Waals surface area contributed by atoms with E-state index in [1.165, 1.54) is 6.07 Å². The number of rotatable bonds is 4. The Morgan fingerprint density at radius 2 is 1.90 bits per heavy atom. The Hall–Kier alpha value is -1.89. The highest BCUT2D eigenvalue weighted by Gasteiger charge is 2.22. The minimum Gasteiger partial charge on any atom is -0.420 e. The van der Waals surface area contributed by atoms with Gasteiger partial charge in [-0.05, 0) is 36.4 Å². The molecule has 29 heavy (non-hydrogen) atoms. The van der Waals surface area contributed by atoms with Crippen LogP contribution in [0.4, 0.5) is 0 Å². The van der Waals surface area contributed by atoms with Gasteiger partial charge in [-0.1, -0.05) is 34.8 Å². The highest BCUT2D eigenvalue weighted by Crippen LogP contribution is 2.35. The summed E-state index contributed by atoms with van der Waals surface area (Å²) in [4.78, 5) is 19.5. The number of halogens is 3. The average molecular weight is 452 g/mol. The summed E-state index contributed by atoms with van der Waals surface area (Å²) in [7, 11) is 0. The zero-order valence-electron chi connectivity index (χ0n) is 15.3. The molecule has 5 nitrogen and oxygen atoms in total. The summed E-state index contributed by atoms with van der Waals surface area (Å²) in [5.74, 6) is -0.198. The maximum absolute atomic E-state index is 12.9. The molecule has 0 spiro atoms. The van der Waals surface area contributed by atoms with Crippen molar-refractivity contribution in [3.05, 3.63) is 68.8 Å². The van der Waals surface area contributed by atoms with Gasteiger partial charge >= 0.3 is 5.97 Å². The predicted molar refractivity (Wildman–Crippen MR) is 114 cm³/mol. The predicted octanol–water partition coefficient (Wildman–Crippen LogP) is 5.25. The smallest absolute Gasteiger partial charge is 0.345 e. The number of hydrogen-bond acceptors (Lipinski definition) is 5. The van der Waals surface area contributed by atoms with Crippen LogP contribution in [0.2, 0.25) is 15.1 Å². The highest BCUT2D eigenvalue weighted by molar-refractivity contribution is 6.37. The van der Waals surface area contributed by atoms with Crippen molar-refractivity contribution in [1.29, 1.82) is 0 Å². The molecule has 0 N–H and O–H groups in total. The van der Waals surface area contributed by atoms with Crippen LogP contribution in [0.25, 0.3) is 10.9 Å². The number of benzene rings is 2. The lowest BCUT2D eigenvalue weighted by Gasteiger charge is -2.27. The molecule has 0 unspecified atom stereocenters. The number of pyridine rings is 1. The Balaban J connectivity index is 1.75. The molecule has 0 aliphatic carbocycles. The zero-order valence-corrected chi connectivity index (χ0v) is 17.6. The van der Waals surface area contributed by atoms with E-state index in [4.69, 9.17) is 44.3 Å².